The van der Waals surface area contributed by atoms with E-state index in [1.54, 1.807) is 24.7 Å². The first-order valence-corrected chi connectivity index (χ1v) is 11.1. The average Bonchev–Trinajstić information content (AvgIpc) is 2.79. The van der Waals surface area contributed by atoms with Crippen molar-refractivity contribution in [1.29, 1.82) is 0 Å². The topological polar surface area (TPSA) is 34.2 Å². The van der Waals surface area contributed by atoms with E-state index >= 15 is 0 Å². The van der Waals surface area contributed by atoms with Gasteiger partial charge in [0.25, 0.3) is 0 Å². The normalized spacial score (nSPS) is 19.4. The predicted molar refractivity (Wildman–Crippen MR) is 119 cm³/mol. The third-order valence-corrected chi connectivity index (χ3v) is 5.97. The highest BCUT2D eigenvalue weighted by molar-refractivity contribution is 6.37. The minimum absolute atomic E-state index is 0.549. The summed E-state index contributed by atoms with van der Waals surface area (Å²) in [7, 11) is 0. The first-order chi connectivity index (χ1) is 14.7. The Kier molecular flexibility index (Phi) is 7.26. The van der Waals surface area contributed by atoms with E-state index in [-0.39, 0.29) is 0 Å². The maximum Gasteiger partial charge on any atom is 0.231 e. The van der Waals surface area contributed by atoms with Crippen molar-refractivity contribution in [2.75, 3.05) is 39.3 Å². The van der Waals surface area contributed by atoms with Gasteiger partial charge in [0.1, 0.15) is 6.26 Å². The van der Waals surface area contributed by atoms with Gasteiger partial charge in [-0.05, 0) is 37.0 Å². The maximum atomic E-state index is 6.14. The van der Waals surface area contributed by atoms with Crippen molar-refractivity contribution >= 4 is 23.2 Å². The molecule has 3 aliphatic rings. The molecule has 5 nitrogen and oxygen atoms in total. The van der Waals surface area contributed by atoms with E-state index in [1.807, 2.05) is 6.07 Å². The molecule has 0 unspecified atom stereocenters. The number of piperazine rings is 1. The van der Waals surface area contributed by atoms with Crippen molar-refractivity contribution < 1.29 is 14.2 Å². The number of halogens is 2. The van der Waals surface area contributed by atoms with E-state index in [0.29, 0.717) is 22.4 Å². The van der Waals surface area contributed by atoms with Crippen molar-refractivity contribution in [3.8, 4) is 5.75 Å². The fourth-order valence-corrected chi connectivity index (χ4v) is 4.17. The lowest BCUT2D eigenvalue weighted by molar-refractivity contribution is 0.0823. The summed E-state index contributed by atoms with van der Waals surface area (Å²) in [6, 6.07) is 5.39. The third kappa shape index (κ3) is 5.34. The predicted octanol–water partition coefficient (Wildman–Crippen LogP) is 5.34. The summed E-state index contributed by atoms with van der Waals surface area (Å²) in [6.45, 7) is 5.31. The Bertz CT molecular complexity index is 851. The lowest BCUT2D eigenvalue weighted by atomic mass is 10.0. The second-order valence-corrected chi connectivity index (χ2v) is 8.23. The Morgan fingerprint density at radius 2 is 1.80 bits per heavy atom. The van der Waals surface area contributed by atoms with E-state index in [2.05, 4.69) is 28.0 Å². The van der Waals surface area contributed by atoms with E-state index in [4.69, 9.17) is 37.4 Å². The van der Waals surface area contributed by atoms with Crippen LogP contribution in [0.15, 0.2) is 66.2 Å². The largest absolute Gasteiger partial charge is 0.490 e. The molecule has 2 aliphatic heterocycles. The van der Waals surface area contributed by atoms with Crippen molar-refractivity contribution in [3.63, 3.8) is 0 Å². The van der Waals surface area contributed by atoms with Gasteiger partial charge in [-0.2, -0.15) is 0 Å². The van der Waals surface area contributed by atoms with E-state index in [1.165, 1.54) is 5.57 Å². The van der Waals surface area contributed by atoms with Crippen LogP contribution < -0.4 is 4.74 Å². The van der Waals surface area contributed by atoms with Crippen LogP contribution in [0.1, 0.15) is 19.3 Å². The number of hydrogen-bond donors (Lipinski definition) is 0. The van der Waals surface area contributed by atoms with Crippen LogP contribution in [0, 0.1) is 0 Å². The molecule has 0 spiro atoms. The highest BCUT2D eigenvalue weighted by Gasteiger charge is 2.22. The molecular weight excluding hydrogens is 423 g/mol. The van der Waals surface area contributed by atoms with Gasteiger partial charge < -0.3 is 19.1 Å². The quantitative estimate of drug-likeness (QED) is 0.525. The lowest BCUT2D eigenvalue weighted by Crippen LogP contribution is -2.46. The van der Waals surface area contributed by atoms with Gasteiger partial charge in [-0.1, -0.05) is 47.5 Å². The lowest BCUT2D eigenvalue weighted by Gasteiger charge is -2.36. The zero-order valence-electron chi connectivity index (χ0n) is 16.9. The standard InChI is InChI=1S/C23H26Cl2N2O3/c24-19-8-4-9-20(25)23(19)28-15-5-10-26-11-13-27(14-12-26)22-17-29-21(16-30-22)18-6-2-1-3-7-18/h1-2,4,6,8-9,16-17H,3,5,7,10-15H2. The summed E-state index contributed by atoms with van der Waals surface area (Å²) in [6.07, 6.45) is 12.7. The molecule has 0 aromatic heterocycles. The first kappa shape index (κ1) is 21.2. The van der Waals surface area contributed by atoms with Crippen LogP contribution in [-0.2, 0) is 9.47 Å². The summed E-state index contributed by atoms with van der Waals surface area (Å²) in [5.41, 5.74) is 1.18. The van der Waals surface area contributed by atoms with Crippen LogP contribution in [0.4, 0.5) is 0 Å². The van der Waals surface area contributed by atoms with Gasteiger partial charge in [-0.3, -0.25) is 4.90 Å². The fraction of sp³-hybridized carbons (Fsp3) is 0.391. The summed E-state index contributed by atoms with van der Waals surface area (Å²) in [5.74, 6) is 2.15. The molecular formula is C23H26Cl2N2O3. The van der Waals surface area contributed by atoms with Crippen LogP contribution in [-0.4, -0.2) is 49.1 Å². The molecule has 1 aliphatic carbocycles. The second-order valence-electron chi connectivity index (χ2n) is 7.41. The van der Waals surface area contributed by atoms with Crippen molar-refractivity contribution in [3.05, 3.63) is 76.2 Å². The third-order valence-electron chi connectivity index (χ3n) is 5.37. The molecule has 0 radical (unpaired) electrons. The van der Waals surface area contributed by atoms with Crippen LogP contribution >= 0.6 is 23.2 Å². The molecule has 0 N–H and O–H groups in total. The van der Waals surface area contributed by atoms with Gasteiger partial charge in [0.2, 0.25) is 5.88 Å². The SMILES string of the molecule is Clc1cccc(Cl)c1OCCCN1CCN(C2=COC(C3=CC=CCC3)=CO2)CC1. The highest BCUT2D eigenvalue weighted by atomic mass is 35.5. The molecule has 30 heavy (non-hydrogen) atoms. The number of nitrogens with zero attached hydrogens (tertiary/aromatic N) is 2. The average molecular weight is 449 g/mol. The van der Waals surface area contributed by atoms with Crippen molar-refractivity contribution in [2.45, 2.75) is 19.3 Å². The Labute approximate surface area is 187 Å². The minimum atomic E-state index is 0.549. The number of hydrogen-bond acceptors (Lipinski definition) is 5. The molecule has 0 saturated carbocycles. The molecule has 1 aromatic rings. The molecule has 4 rings (SSSR count). The van der Waals surface area contributed by atoms with Gasteiger partial charge in [-0.15, -0.1) is 0 Å². The Morgan fingerprint density at radius 3 is 2.47 bits per heavy atom. The summed E-state index contributed by atoms with van der Waals surface area (Å²) >= 11 is 12.3. The van der Waals surface area contributed by atoms with Gasteiger partial charge in [0.05, 0.1) is 16.7 Å². The number of para-hydroxylation sites is 1. The molecule has 0 bridgehead atoms. The van der Waals surface area contributed by atoms with E-state index in [0.717, 1.165) is 63.6 Å². The van der Waals surface area contributed by atoms with Crippen molar-refractivity contribution in [1.82, 2.24) is 9.80 Å². The number of benzene rings is 1. The van der Waals surface area contributed by atoms with Gasteiger partial charge in [0.15, 0.2) is 17.8 Å². The molecule has 160 valence electrons. The van der Waals surface area contributed by atoms with Crippen LogP contribution in [0.25, 0.3) is 0 Å². The van der Waals surface area contributed by atoms with E-state index in [9.17, 15) is 0 Å². The minimum Gasteiger partial charge on any atom is -0.490 e. The Hall–Kier alpha value is -2.08. The number of rotatable bonds is 7. The molecule has 1 saturated heterocycles. The molecule has 2 heterocycles. The summed E-state index contributed by atoms with van der Waals surface area (Å²) in [4.78, 5) is 4.65. The fourth-order valence-electron chi connectivity index (χ4n) is 3.67. The maximum absolute atomic E-state index is 6.14. The molecule has 0 amide bonds. The van der Waals surface area contributed by atoms with E-state index < -0.39 is 0 Å². The molecule has 1 fully saturated rings. The smallest absolute Gasteiger partial charge is 0.231 e. The first-order valence-electron chi connectivity index (χ1n) is 10.3. The van der Waals surface area contributed by atoms with Crippen LogP contribution in [0.3, 0.4) is 0 Å². The molecule has 7 heteroatoms. The van der Waals surface area contributed by atoms with Gasteiger partial charge >= 0.3 is 0 Å². The summed E-state index contributed by atoms with van der Waals surface area (Å²) in [5, 5.41) is 1.10. The number of allylic oxidation sites excluding steroid dienone is 4. The Balaban J connectivity index is 1.16. The molecule has 1 aromatic carbocycles. The second kappa shape index (κ2) is 10.3. The van der Waals surface area contributed by atoms with Gasteiger partial charge in [-0.25, -0.2) is 0 Å². The zero-order chi connectivity index (χ0) is 20.8. The summed E-state index contributed by atoms with van der Waals surface area (Å²) < 4.78 is 17.5. The number of ether oxygens (including phenoxy) is 3. The van der Waals surface area contributed by atoms with Gasteiger partial charge in [0, 0.05) is 32.7 Å². The Morgan fingerprint density at radius 1 is 1.00 bits per heavy atom. The monoisotopic (exact) mass is 448 g/mol. The van der Waals surface area contributed by atoms with Crippen molar-refractivity contribution in [2.24, 2.45) is 0 Å². The molecule has 0 atom stereocenters. The van der Waals surface area contributed by atoms with Crippen LogP contribution in [0.2, 0.25) is 10.0 Å². The zero-order valence-corrected chi connectivity index (χ0v) is 18.4. The highest BCUT2D eigenvalue weighted by Crippen LogP contribution is 2.32. The van der Waals surface area contributed by atoms with Crippen LogP contribution in [0.5, 0.6) is 5.75 Å².